The number of nitrogens with zero attached hydrogens (tertiary/aromatic N) is 1. The molecule has 1 aromatic rings. The van der Waals surface area contributed by atoms with Crippen LogP contribution in [0.25, 0.3) is 0 Å². The third kappa shape index (κ3) is 3.97. The van der Waals surface area contributed by atoms with Crippen LogP contribution in [-0.4, -0.2) is 51.2 Å². The number of hydrogen-bond donors (Lipinski definition) is 1. The van der Waals surface area contributed by atoms with E-state index < -0.39 is 15.8 Å². The molecule has 0 spiro atoms. The van der Waals surface area contributed by atoms with Gasteiger partial charge in [0.2, 0.25) is 10.0 Å². The van der Waals surface area contributed by atoms with Gasteiger partial charge in [-0.1, -0.05) is 6.07 Å². The molecular weight excluding hydrogens is 273 g/mol. The summed E-state index contributed by atoms with van der Waals surface area (Å²) in [5.41, 5.74) is 0.649. The lowest BCUT2D eigenvalue weighted by atomic mass is 10.2. The van der Waals surface area contributed by atoms with E-state index in [1.54, 1.807) is 6.92 Å². The summed E-state index contributed by atoms with van der Waals surface area (Å²) >= 11 is 0. The van der Waals surface area contributed by atoms with Gasteiger partial charge in [0.25, 0.3) is 0 Å². The molecule has 0 aliphatic heterocycles. The molecule has 108 valence electrons. The molecule has 0 aromatic heterocycles. The zero-order chi connectivity index (χ0) is 14.5. The molecule has 0 atom stereocenters. The maximum Gasteiger partial charge on any atom is 0.246 e. The number of hydrogen-bond acceptors (Lipinski definition) is 4. The Kier molecular flexibility index (Phi) is 5.86. The molecule has 0 fully saturated rings. The van der Waals surface area contributed by atoms with Crippen molar-refractivity contribution in [1.29, 1.82) is 0 Å². The van der Waals surface area contributed by atoms with E-state index >= 15 is 0 Å². The number of sulfonamides is 1. The predicted molar refractivity (Wildman–Crippen MR) is 68.9 cm³/mol. The molecule has 7 heteroatoms. The monoisotopic (exact) mass is 291 g/mol. The van der Waals surface area contributed by atoms with E-state index in [1.165, 1.54) is 19.2 Å². The van der Waals surface area contributed by atoms with E-state index in [9.17, 15) is 12.8 Å². The van der Waals surface area contributed by atoms with Crippen molar-refractivity contribution < 1.29 is 22.7 Å². The fourth-order valence-electron chi connectivity index (χ4n) is 1.60. The van der Waals surface area contributed by atoms with E-state index in [1.807, 2.05) is 0 Å². The summed E-state index contributed by atoms with van der Waals surface area (Å²) in [6.45, 7) is 1.49. The zero-order valence-electron chi connectivity index (χ0n) is 11.0. The van der Waals surface area contributed by atoms with Crippen molar-refractivity contribution in [3.8, 4) is 0 Å². The summed E-state index contributed by atoms with van der Waals surface area (Å²) in [6, 6.07) is 3.90. The average molecular weight is 291 g/mol. The van der Waals surface area contributed by atoms with Gasteiger partial charge >= 0.3 is 0 Å². The van der Waals surface area contributed by atoms with E-state index in [0.29, 0.717) is 5.56 Å². The highest BCUT2D eigenvalue weighted by Gasteiger charge is 2.26. The largest absolute Gasteiger partial charge is 0.395 e. The Morgan fingerprint density at radius 2 is 2.05 bits per heavy atom. The van der Waals surface area contributed by atoms with Gasteiger partial charge in [0.1, 0.15) is 10.7 Å². The van der Waals surface area contributed by atoms with E-state index in [-0.39, 0.29) is 31.2 Å². The minimum atomic E-state index is -3.97. The van der Waals surface area contributed by atoms with Crippen molar-refractivity contribution in [1.82, 2.24) is 4.31 Å². The van der Waals surface area contributed by atoms with Crippen molar-refractivity contribution in [3.05, 3.63) is 29.6 Å². The average Bonchev–Trinajstić information content (AvgIpc) is 2.37. The van der Waals surface area contributed by atoms with Crippen LogP contribution in [0.5, 0.6) is 0 Å². The fraction of sp³-hybridized carbons (Fsp3) is 0.500. The molecule has 1 rings (SSSR count). The SMILES string of the molecule is COCCN(CCO)S(=O)(=O)c1cc(C)ccc1F. The highest BCUT2D eigenvalue weighted by molar-refractivity contribution is 7.89. The molecule has 0 amide bonds. The summed E-state index contributed by atoms with van der Waals surface area (Å²) in [7, 11) is -2.53. The Labute approximate surface area is 112 Å². The Morgan fingerprint density at radius 3 is 2.63 bits per heavy atom. The maximum atomic E-state index is 13.7. The fourth-order valence-corrected chi connectivity index (χ4v) is 3.17. The first-order chi connectivity index (χ1) is 8.93. The number of benzene rings is 1. The number of ether oxygens (including phenoxy) is 1. The lowest BCUT2D eigenvalue weighted by molar-refractivity contribution is 0.168. The highest BCUT2D eigenvalue weighted by Crippen LogP contribution is 2.20. The van der Waals surface area contributed by atoms with Crippen molar-refractivity contribution in [2.75, 3.05) is 33.4 Å². The van der Waals surface area contributed by atoms with Gasteiger partial charge < -0.3 is 9.84 Å². The predicted octanol–water partition coefficient (Wildman–Crippen LogP) is 0.764. The highest BCUT2D eigenvalue weighted by atomic mass is 32.2. The van der Waals surface area contributed by atoms with Crippen LogP contribution in [0.4, 0.5) is 4.39 Å². The van der Waals surface area contributed by atoms with Crippen LogP contribution in [0.3, 0.4) is 0 Å². The van der Waals surface area contributed by atoms with Gasteiger partial charge in [-0.3, -0.25) is 0 Å². The third-order valence-electron chi connectivity index (χ3n) is 2.60. The van der Waals surface area contributed by atoms with Crippen LogP contribution < -0.4 is 0 Å². The van der Waals surface area contributed by atoms with Crippen molar-refractivity contribution >= 4 is 10.0 Å². The first kappa shape index (κ1) is 16.0. The summed E-state index contributed by atoms with van der Waals surface area (Å²) in [5, 5.41) is 8.93. The van der Waals surface area contributed by atoms with Gasteiger partial charge in [0.05, 0.1) is 13.2 Å². The quantitative estimate of drug-likeness (QED) is 0.805. The zero-order valence-corrected chi connectivity index (χ0v) is 11.8. The van der Waals surface area contributed by atoms with Crippen LogP contribution >= 0.6 is 0 Å². The molecule has 0 saturated heterocycles. The van der Waals surface area contributed by atoms with Gasteiger partial charge in [-0.15, -0.1) is 0 Å². The van der Waals surface area contributed by atoms with Gasteiger partial charge in [-0.25, -0.2) is 12.8 Å². The number of methoxy groups -OCH3 is 1. The second-order valence-electron chi connectivity index (χ2n) is 4.05. The Bertz CT molecular complexity index is 518. The molecule has 1 N–H and O–H groups in total. The van der Waals surface area contributed by atoms with Crippen molar-refractivity contribution in [2.45, 2.75) is 11.8 Å². The second-order valence-corrected chi connectivity index (χ2v) is 5.96. The molecule has 0 unspecified atom stereocenters. The molecular formula is C12H18FNO4S. The lowest BCUT2D eigenvalue weighted by Crippen LogP contribution is -2.36. The van der Waals surface area contributed by atoms with Gasteiger partial charge in [0, 0.05) is 20.2 Å². The first-order valence-corrected chi connectivity index (χ1v) is 7.23. The van der Waals surface area contributed by atoms with E-state index in [4.69, 9.17) is 9.84 Å². The molecule has 5 nitrogen and oxygen atoms in total. The molecule has 1 aromatic carbocycles. The molecule has 19 heavy (non-hydrogen) atoms. The molecule has 0 radical (unpaired) electrons. The van der Waals surface area contributed by atoms with Gasteiger partial charge in [0.15, 0.2) is 0 Å². The molecule has 0 aliphatic rings. The molecule has 0 aliphatic carbocycles. The normalized spacial score (nSPS) is 12.1. The van der Waals surface area contributed by atoms with Crippen LogP contribution in [0.15, 0.2) is 23.1 Å². The first-order valence-electron chi connectivity index (χ1n) is 5.79. The summed E-state index contributed by atoms with van der Waals surface area (Å²) in [5.74, 6) is -0.800. The number of aliphatic hydroxyl groups excluding tert-OH is 1. The Morgan fingerprint density at radius 1 is 1.37 bits per heavy atom. The van der Waals surface area contributed by atoms with Crippen LogP contribution in [0.1, 0.15) is 5.56 Å². The lowest BCUT2D eigenvalue weighted by Gasteiger charge is -2.21. The standard InChI is InChI=1S/C12H18FNO4S/c1-10-3-4-11(13)12(9-10)19(16,17)14(5-7-15)6-8-18-2/h3-4,9,15H,5-8H2,1-2H3. The number of rotatable bonds is 7. The minimum absolute atomic E-state index is 0.0623. The van der Waals surface area contributed by atoms with Crippen LogP contribution in [0.2, 0.25) is 0 Å². The second kappa shape index (κ2) is 6.95. The number of halogens is 1. The van der Waals surface area contributed by atoms with Gasteiger partial charge in [-0.05, 0) is 24.6 Å². The smallest absolute Gasteiger partial charge is 0.246 e. The summed E-state index contributed by atoms with van der Waals surface area (Å²) in [4.78, 5) is -0.378. The molecule has 0 saturated carbocycles. The number of aryl methyl sites for hydroxylation is 1. The molecule has 0 bridgehead atoms. The van der Waals surface area contributed by atoms with E-state index in [2.05, 4.69) is 0 Å². The van der Waals surface area contributed by atoms with E-state index in [0.717, 1.165) is 10.4 Å². The Hall–Kier alpha value is -1.02. The molecule has 0 heterocycles. The minimum Gasteiger partial charge on any atom is -0.395 e. The van der Waals surface area contributed by atoms with Crippen molar-refractivity contribution in [2.24, 2.45) is 0 Å². The third-order valence-corrected chi connectivity index (χ3v) is 4.51. The topological polar surface area (TPSA) is 66.8 Å². The summed E-state index contributed by atoms with van der Waals surface area (Å²) < 4.78 is 44.2. The van der Waals surface area contributed by atoms with Crippen LogP contribution in [0, 0.1) is 12.7 Å². The van der Waals surface area contributed by atoms with Gasteiger partial charge in [-0.2, -0.15) is 4.31 Å². The maximum absolute atomic E-state index is 13.7. The summed E-state index contributed by atoms with van der Waals surface area (Å²) in [6.07, 6.45) is 0. The Balaban J connectivity index is 3.14. The number of aliphatic hydroxyl groups is 1. The van der Waals surface area contributed by atoms with Crippen LogP contribution in [-0.2, 0) is 14.8 Å². The van der Waals surface area contributed by atoms with Crippen molar-refractivity contribution in [3.63, 3.8) is 0 Å².